The molecule has 2 saturated heterocycles. The zero-order valence-electron chi connectivity index (χ0n) is 11.7. The summed E-state index contributed by atoms with van der Waals surface area (Å²) in [7, 11) is 2.17. The summed E-state index contributed by atoms with van der Waals surface area (Å²) in [5.74, 6) is 0. The van der Waals surface area contributed by atoms with Crippen LogP contribution in [-0.2, 0) is 0 Å². The van der Waals surface area contributed by atoms with Gasteiger partial charge in [-0.15, -0.1) is 0 Å². The molecule has 0 radical (unpaired) electrons. The minimum Gasteiger partial charge on any atom is -0.336 e. The van der Waals surface area contributed by atoms with Crippen molar-refractivity contribution in [3.63, 3.8) is 0 Å². The van der Waals surface area contributed by atoms with Crippen molar-refractivity contribution in [3.8, 4) is 0 Å². The molecule has 2 fully saturated rings. The fourth-order valence-electron chi connectivity index (χ4n) is 2.99. The van der Waals surface area contributed by atoms with Crippen molar-refractivity contribution in [2.75, 3.05) is 33.2 Å². The van der Waals surface area contributed by atoms with Crippen LogP contribution in [0.15, 0.2) is 0 Å². The summed E-state index contributed by atoms with van der Waals surface area (Å²) in [6.45, 7) is 3.86. The van der Waals surface area contributed by atoms with Crippen molar-refractivity contribution in [3.05, 3.63) is 0 Å². The molecular weight excluding hydrogens is 226 g/mol. The Balaban J connectivity index is 1.72. The highest BCUT2D eigenvalue weighted by atomic mass is 16.2. The summed E-state index contributed by atoms with van der Waals surface area (Å²) in [6.07, 6.45) is 8.69. The predicted octanol–water partition coefficient (Wildman–Crippen LogP) is 2.06. The standard InChI is InChI=1S/C14H27N3O/c1-16-9-7-4-8-13(16)12-15-14(18)17-10-5-2-3-6-11-17/h13H,2-12H2,1H3,(H,15,18). The highest BCUT2D eigenvalue weighted by molar-refractivity contribution is 5.74. The minimum atomic E-state index is 0.149. The van der Waals surface area contributed by atoms with Gasteiger partial charge in [-0.2, -0.15) is 0 Å². The fraction of sp³-hybridized carbons (Fsp3) is 0.929. The maximum atomic E-state index is 12.1. The van der Waals surface area contributed by atoms with Gasteiger partial charge < -0.3 is 15.1 Å². The molecule has 1 atom stereocenters. The Morgan fingerprint density at radius 1 is 1.06 bits per heavy atom. The number of carbonyl (C=O) groups is 1. The van der Waals surface area contributed by atoms with E-state index in [1.807, 2.05) is 4.90 Å². The highest BCUT2D eigenvalue weighted by Gasteiger charge is 2.21. The van der Waals surface area contributed by atoms with Gasteiger partial charge in [0.1, 0.15) is 0 Å². The zero-order valence-corrected chi connectivity index (χ0v) is 11.7. The smallest absolute Gasteiger partial charge is 0.317 e. The van der Waals surface area contributed by atoms with Gasteiger partial charge in [0, 0.05) is 25.7 Å². The number of rotatable bonds is 2. The quantitative estimate of drug-likeness (QED) is 0.817. The molecule has 4 heteroatoms. The number of likely N-dealkylation sites (N-methyl/N-ethyl adjacent to an activating group) is 1. The van der Waals surface area contributed by atoms with Gasteiger partial charge in [0.2, 0.25) is 0 Å². The van der Waals surface area contributed by atoms with Crippen LogP contribution in [0.2, 0.25) is 0 Å². The molecule has 2 rings (SSSR count). The van der Waals surface area contributed by atoms with E-state index < -0.39 is 0 Å². The first-order valence-corrected chi connectivity index (χ1v) is 7.50. The summed E-state index contributed by atoms with van der Waals surface area (Å²) in [5.41, 5.74) is 0. The lowest BCUT2D eigenvalue weighted by atomic mass is 10.0. The van der Waals surface area contributed by atoms with Gasteiger partial charge in [-0.3, -0.25) is 0 Å². The maximum absolute atomic E-state index is 12.1. The molecule has 0 spiro atoms. The van der Waals surface area contributed by atoms with Crippen LogP contribution >= 0.6 is 0 Å². The first kappa shape index (κ1) is 13.7. The summed E-state index contributed by atoms with van der Waals surface area (Å²) >= 11 is 0. The second kappa shape index (κ2) is 6.98. The van der Waals surface area contributed by atoms with E-state index in [1.165, 1.54) is 38.6 Å². The van der Waals surface area contributed by atoms with Gasteiger partial charge in [0.25, 0.3) is 0 Å². The second-order valence-electron chi connectivity index (χ2n) is 5.72. The van der Waals surface area contributed by atoms with Crippen molar-refractivity contribution in [1.29, 1.82) is 0 Å². The Bertz CT molecular complexity index is 262. The van der Waals surface area contributed by atoms with Gasteiger partial charge in [-0.1, -0.05) is 19.3 Å². The van der Waals surface area contributed by atoms with Crippen LogP contribution in [0.3, 0.4) is 0 Å². The number of likely N-dealkylation sites (tertiary alicyclic amines) is 2. The monoisotopic (exact) mass is 253 g/mol. The molecule has 18 heavy (non-hydrogen) atoms. The number of nitrogens with one attached hydrogen (secondary N) is 1. The molecule has 2 aliphatic heterocycles. The first-order valence-electron chi connectivity index (χ1n) is 7.50. The molecule has 2 aliphatic rings. The number of carbonyl (C=O) groups excluding carboxylic acids is 1. The molecule has 0 aromatic rings. The molecule has 2 heterocycles. The molecule has 104 valence electrons. The van der Waals surface area contributed by atoms with Gasteiger partial charge in [-0.25, -0.2) is 4.79 Å². The maximum Gasteiger partial charge on any atom is 0.317 e. The van der Waals surface area contributed by atoms with E-state index in [9.17, 15) is 4.79 Å². The summed E-state index contributed by atoms with van der Waals surface area (Å²) in [5, 5.41) is 3.13. The van der Waals surface area contributed by atoms with Gasteiger partial charge in [-0.05, 0) is 39.3 Å². The SMILES string of the molecule is CN1CCCCC1CNC(=O)N1CCCCCC1. The van der Waals surface area contributed by atoms with Crippen LogP contribution in [0, 0.1) is 0 Å². The number of hydrogen-bond acceptors (Lipinski definition) is 2. The molecule has 0 aromatic carbocycles. The Hall–Kier alpha value is -0.770. The molecule has 4 nitrogen and oxygen atoms in total. The lowest BCUT2D eigenvalue weighted by Gasteiger charge is -2.33. The number of piperidine rings is 1. The molecule has 0 bridgehead atoms. The van der Waals surface area contributed by atoms with Crippen LogP contribution in [0.5, 0.6) is 0 Å². The normalized spacial score (nSPS) is 26.7. The largest absolute Gasteiger partial charge is 0.336 e. The third-order valence-electron chi connectivity index (χ3n) is 4.30. The Kier molecular flexibility index (Phi) is 5.29. The van der Waals surface area contributed by atoms with Crippen molar-refractivity contribution < 1.29 is 4.79 Å². The molecular formula is C14H27N3O. The number of urea groups is 1. The third-order valence-corrected chi connectivity index (χ3v) is 4.30. The van der Waals surface area contributed by atoms with Crippen LogP contribution < -0.4 is 5.32 Å². The van der Waals surface area contributed by atoms with Crippen molar-refractivity contribution in [2.45, 2.75) is 51.0 Å². The summed E-state index contributed by atoms with van der Waals surface area (Å²) in [6, 6.07) is 0.686. The molecule has 0 aromatic heterocycles. The van der Waals surface area contributed by atoms with Gasteiger partial charge in [0.15, 0.2) is 0 Å². The highest BCUT2D eigenvalue weighted by Crippen LogP contribution is 2.14. The lowest BCUT2D eigenvalue weighted by Crippen LogP contribution is -2.48. The predicted molar refractivity (Wildman–Crippen MR) is 73.7 cm³/mol. The van der Waals surface area contributed by atoms with Crippen molar-refractivity contribution in [1.82, 2.24) is 15.1 Å². The van der Waals surface area contributed by atoms with Gasteiger partial charge >= 0.3 is 6.03 Å². The number of amides is 2. The lowest BCUT2D eigenvalue weighted by molar-refractivity contribution is 0.169. The molecule has 1 unspecified atom stereocenters. The van der Waals surface area contributed by atoms with Crippen LogP contribution in [0.4, 0.5) is 4.79 Å². The van der Waals surface area contributed by atoms with E-state index in [2.05, 4.69) is 17.3 Å². The van der Waals surface area contributed by atoms with Crippen LogP contribution in [0.1, 0.15) is 44.9 Å². The van der Waals surface area contributed by atoms with Crippen LogP contribution in [-0.4, -0.2) is 55.1 Å². The Morgan fingerprint density at radius 2 is 1.72 bits per heavy atom. The van der Waals surface area contributed by atoms with E-state index >= 15 is 0 Å². The average molecular weight is 253 g/mol. The van der Waals surface area contributed by atoms with E-state index in [-0.39, 0.29) is 6.03 Å². The van der Waals surface area contributed by atoms with E-state index in [0.717, 1.165) is 32.5 Å². The molecule has 2 amide bonds. The Labute approximate surface area is 111 Å². The van der Waals surface area contributed by atoms with E-state index in [0.29, 0.717) is 6.04 Å². The zero-order chi connectivity index (χ0) is 12.8. The van der Waals surface area contributed by atoms with E-state index in [1.54, 1.807) is 0 Å². The summed E-state index contributed by atoms with van der Waals surface area (Å²) < 4.78 is 0. The molecule has 1 N–H and O–H groups in total. The number of hydrogen-bond donors (Lipinski definition) is 1. The summed E-state index contributed by atoms with van der Waals surface area (Å²) in [4.78, 5) is 16.5. The first-order chi connectivity index (χ1) is 8.77. The molecule has 0 aliphatic carbocycles. The number of nitrogens with zero attached hydrogens (tertiary/aromatic N) is 2. The fourth-order valence-corrected chi connectivity index (χ4v) is 2.99. The Morgan fingerprint density at radius 3 is 2.39 bits per heavy atom. The van der Waals surface area contributed by atoms with Crippen molar-refractivity contribution >= 4 is 6.03 Å². The van der Waals surface area contributed by atoms with Crippen LogP contribution in [0.25, 0.3) is 0 Å². The topological polar surface area (TPSA) is 35.6 Å². The second-order valence-corrected chi connectivity index (χ2v) is 5.72. The van der Waals surface area contributed by atoms with Gasteiger partial charge in [0.05, 0.1) is 0 Å². The minimum absolute atomic E-state index is 0.149. The third kappa shape index (κ3) is 3.87. The van der Waals surface area contributed by atoms with Crippen molar-refractivity contribution in [2.24, 2.45) is 0 Å². The van der Waals surface area contributed by atoms with E-state index in [4.69, 9.17) is 0 Å². The molecule has 0 saturated carbocycles. The average Bonchev–Trinajstić information content (AvgIpc) is 2.66.